The average Bonchev–Trinajstić information content (AvgIpc) is 2.55. The van der Waals surface area contributed by atoms with Gasteiger partial charge in [-0.05, 0) is 0 Å². The van der Waals surface area contributed by atoms with Crippen LogP contribution in [-0.4, -0.2) is 32.4 Å². The number of aromatic amines is 1. The molecule has 0 unspecified atom stereocenters. The molecule has 2 heterocycles. The van der Waals surface area contributed by atoms with E-state index >= 15 is 0 Å². The third-order valence-corrected chi connectivity index (χ3v) is 1.11. The number of nitrogens with zero attached hydrogens (tertiary/aromatic N) is 3. The Labute approximate surface area is 63.1 Å². The molecule has 11 heavy (non-hydrogen) atoms. The molecule has 0 radical (unpaired) electrons. The van der Waals surface area contributed by atoms with Gasteiger partial charge in [0.15, 0.2) is 5.65 Å². The quantitative estimate of drug-likeness (QED) is 0.555. The molecule has 0 saturated heterocycles. The Bertz CT molecular complexity index is 289. The fourth-order valence-electron chi connectivity index (χ4n) is 0.691. The molecular formula is C6H8N4O. The van der Waals surface area contributed by atoms with Crippen molar-refractivity contribution in [3.63, 3.8) is 0 Å². The minimum atomic E-state index is 0.782. The molecule has 58 valence electrons. The van der Waals surface area contributed by atoms with Crippen LogP contribution in [0.3, 0.4) is 0 Å². The standard InChI is InChI=1S/C5H4N4.CH4O/c1-4-2-8-9-5(4)7-3-6-1;1-2/h1-3H,(H,6,7,8,9);2H,1H3. The Hall–Kier alpha value is -1.49. The first-order chi connectivity index (χ1) is 5.47. The molecule has 0 aliphatic carbocycles. The lowest BCUT2D eigenvalue weighted by Gasteiger charge is -1.80. The summed E-state index contributed by atoms with van der Waals surface area (Å²) in [7, 11) is 1.00. The van der Waals surface area contributed by atoms with Gasteiger partial charge in [-0.15, -0.1) is 0 Å². The minimum absolute atomic E-state index is 0.782. The topological polar surface area (TPSA) is 74.7 Å². The molecule has 0 aliphatic rings. The second-order valence-electron chi connectivity index (χ2n) is 1.70. The second kappa shape index (κ2) is 3.62. The fourth-order valence-corrected chi connectivity index (χ4v) is 0.691. The van der Waals surface area contributed by atoms with Gasteiger partial charge in [-0.2, -0.15) is 5.10 Å². The summed E-state index contributed by atoms with van der Waals surface area (Å²) in [5.41, 5.74) is 0.782. The molecule has 0 spiro atoms. The molecule has 2 N–H and O–H groups in total. The number of aromatic nitrogens is 4. The van der Waals surface area contributed by atoms with E-state index in [4.69, 9.17) is 5.11 Å². The van der Waals surface area contributed by atoms with Crippen LogP contribution in [0.2, 0.25) is 0 Å². The van der Waals surface area contributed by atoms with Crippen LogP contribution >= 0.6 is 0 Å². The number of hydrogen-bond acceptors (Lipinski definition) is 4. The maximum absolute atomic E-state index is 7.00. The Kier molecular flexibility index (Phi) is 2.51. The van der Waals surface area contributed by atoms with Gasteiger partial charge in [0, 0.05) is 13.3 Å². The predicted molar refractivity (Wildman–Crippen MR) is 39.8 cm³/mol. The molecule has 2 aromatic heterocycles. The number of fused-ring (bicyclic) bond motifs is 1. The van der Waals surface area contributed by atoms with Crippen LogP contribution in [0.1, 0.15) is 0 Å². The van der Waals surface area contributed by atoms with Gasteiger partial charge in [-0.1, -0.05) is 0 Å². The van der Waals surface area contributed by atoms with Crippen LogP contribution in [0, 0.1) is 0 Å². The van der Waals surface area contributed by atoms with E-state index in [1.54, 1.807) is 12.4 Å². The zero-order chi connectivity index (χ0) is 8.10. The molecule has 2 rings (SSSR count). The van der Waals surface area contributed by atoms with Crippen molar-refractivity contribution < 1.29 is 5.11 Å². The van der Waals surface area contributed by atoms with E-state index in [1.807, 2.05) is 0 Å². The van der Waals surface area contributed by atoms with Crippen LogP contribution < -0.4 is 0 Å². The van der Waals surface area contributed by atoms with Crippen LogP contribution in [0.15, 0.2) is 18.7 Å². The number of H-pyrrole nitrogens is 1. The number of rotatable bonds is 0. The Balaban J connectivity index is 0.000000281. The van der Waals surface area contributed by atoms with Crippen LogP contribution in [0.5, 0.6) is 0 Å². The van der Waals surface area contributed by atoms with Gasteiger partial charge < -0.3 is 5.11 Å². The molecule has 5 nitrogen and oxygen atoms in total. The number of hydrogen-bond donors (Lipinski definition) is 2. The Morgan fingerprint density at radius 2 is 2.18 bits per heavy atom. The molecule has 0 saturated carbocycles. The first kappa shape index (κ1) is 7.62. The molecule has 0 aliphatic heterocycles. The molecular weight excluding hydrogens is 144 g/mol. The number of nitrogens with one attached hydrogen (secondary N) is 1. The van der Waals surface area contributed by atoms with E-state index in [2.05, 4.69) is 20.2 Å². The first-order valence-corrected chi connectivity index (χ1v) is 3.00. The molecule has 5 heteroatoms. The highest BCUT2D eigenvalue weighted by Gasteiger charge is 1.90. The minimum Gasteiger partial charge on any atom is -0.400 e. The molecule has 0 fully saturated rings. The maximum atomic E-state index is 7.00. The highest BCUT2D eigenvalue weighted by molar-refractivity contribution is 5.71. The van der Waals surface area contributed by atoms with Crippen molar-refractivity contribution in [1.29, 1.82) is 0 Å². The summed E-state index contributed by atoms with van der Waals surface area (Å²) in [6.45, 7) is 0. The van der Waals surface area contributed by atoms with Crippen molar-refractivity contribution in [3.8, 4) is 0 Å². The number of aliphatic hydroxyl groups excluding tert-OH is 1. The average molecular weight is 152 g/mol. The predicted octanol–water partition coefficient (Wildman–Crippen LogP) is -0.0386. The second-order valence-corrected chi connectivity index (χ2v) is 1.70. The summed E-state index contributed by atoms with van der Waals surface area (Å²) in [6, 6.07) is 0. The Morgan fingerprint density at radius 3 is 2.91 bits per heavy atom. The lowest BCUT2D eigenvalue weighted by Crippen LogP contribution is -1.75. The third-order valence-electron chi connectivity index (χ3n) is 1.11. The van der Waals surface area contributed by atoms with E-state index in [0.29, 0.717) is 0 Å². The van der Waals surface area contributed by atoms with E-state index < -0.39 is 0 Å². The summed E-state index contributed by atoms with van der Waals surface area (Å²) in [6.07, 6.45) is 4.89. The van der Waals surface area contributed by atoms with Crippen LogP contribution in [0.4, 0.5) is 0 Å². The normalized spacial score (nSPS) is 8.91. The lowest BCUT2D eigenvalue weighted by molar-refractivity contribution is 0.399. The van der Waals surface area contributed by atoms with Crippen molar-refractivity contribution in [2.75, 3.05) is 7.11 Å². The van der Waals surface area contributed by atoms with E-state index in [1.165, 1.54) is 6.33 Å². The summed E-state index contributed by atoms with van der Waals surface area (Å²) in [5, 5.41) is 14.4. The van der Waals surface area contributed by atoms with Crippen molar-refractivity contribution in [1.82, 2.24) is 20.2 Å². The van der Waals surface area contributed by atoms with Gasteiger partial charge in [-0.25, -0.2) is 9.97 Å². The highest BCUT2D eigenvalue weighted by Crippen LogP contribution is 2.01. The van der Waals surface area contributed by atoms with Crippen LogP contribution in [-0.2, 0) is 0 Å². The SMILES string of the molecule is CO.c1ncc2cn[nH]c2n1. The van der Waals surface area contributed by atoms with Crippen molar-refractivity contribution in [2.24, 2.45) is 0 Å². The summed E-state index contributed by atoms with van der Waals surface area (Å²) in [4.78, 5) is 7.73. The van der Waals surface area contributed by atoms with E-state index in [0.717, 1.165) is 18.1 Å². The van der Waals surface area contributed by atoms with Gasteiger partial charge in [0.1, 0.15) is 6.33 Å². The zero-order valence-corrected chi connectivity index (χ0v) is 6.02. The highest BCUT2D eigenvalue weighted by atomic mass is 16.2. The van der Waals surface area contributed by atoms with Gasteiger partial charge in [0.05, 0.1) is 11.6 Å². The zero-order valence-electron chi connectivity index (χ0n) is 6.02. The van der Waals surface area contributed by atoms with Crippen LogP contribution in [0.25, 0.3) is 11.0 Å². The molecule has 0 amide bonds. The Morgan fingerprint density at radius 1 is 1.36 bits per heavy atom. The third kappa shape index (κ3) is 1.50. The van der Waals surface area contributed by atoms with Gasteiger partial charge >= 0.3 is 0 Å². The smallest absolute Gasteiger partial charge is 0.158 e. The van der Waals surface area contributed by atoms with Crippen molar-refractivity contribution in [2.45, 2.75) is 0 Å². The molecule has 0 aromatic carbocycles. The lowest BCUT2D eigenvalue weighted by atomic mass is 10.5. The molecule has 2 aromatic rings. The van der Waals surface area contributed by atoms with E-state index in [9.17, 15) is 0 Å². The monoisotopic (exact) mass is 152 g/mol. The number of aliphatic hydroxyl groups is 1. The van der Waals surface area contributed by atoms with E-state index in [-0.39, 0.29) is 0 Å². The van der Waals surface area contributed by atoms with Gasteiger partial charge in [0.2, 0.25) is 0 Å². The summed E-state index contributed by atoms with van der Waals surface area (Å²) < 4.78 is 0. The first-order valence-electron chi connectivity index (χ1n) is 3.00. The van der Waals surface area contributed by atoms with Crippen molar-refractivity contribution >= 4 is 11.0 Å². The van der Waals surface area contributed by atoms with Gasteiger partial charge in [-0.3, -0.25) is 5.10 Å². The largest absolute Gasteiger partial charge is 0.400 e. The van der Waals surface area contributed by atoms with Crippen molar-refractivity contribution in [3.05, 3.63) is 18.7 Å². The molecule has 0 bridgehead atoms. The molecule has 0 atom stereocenters. The summed E-state index contributed by atoms with van der Waals surface area (Å²) in [5.74, 6) is 0. The summed E-state index contributed by atoms with van der Waals surface area (Å²) >= 11 is 0. The maximum Gasteiger partial charge on any atom is 0.158 e. The fraction of sp³-hybridized carbons (Fsp3) is 0.167. The van der Waals surface area contributed by atoms with Gasteiger partial charge in [0.25, 0.3) is 0 Å².